The van der Waals surface area contributed by atoms with E-state index in [1.54, 1.807) is 28.4 Å². The highest BCUT2D eigenvalue weighted by Gasteiger charge is 2.11. The molecule has 7 nitrogen and oxygen atoms in total. The van der Waals surface area contributed by atoms with Crippen molar-refractivity contribution >= 4 is 16.7 Å². The van der Waals surface area contributed by atoms with Crippen LogP contribution in [0.3, 0.4) is 0 Å². The van der Waals surface area contributed by atoms with Crippen molar-refractivity contribution in [2.75, 3.05) is 28.4 Å². The largest absolute Gasteiger partial charge is 0.493 e. The maximum Gasteiger partial charge on any atom is 0.300 e. The first-order valence-corrected chi connectivity index (χ1v) is 8.83. The molecule has 0 atom stereocenters. The van der Waals surface area contributed by atoms with Gasteiger partial charge in [-0.3, -0.25) is 9.78 Å². The lowest BCUT2D eigenvalue weighted by molar-refractivity contribution is -0.134. The topological polar surface area (TPSA) is 87.1 Å². The summed E-state index contributed by atoms with van der Waals surface area (Å²) < 4.78 is 21.5. The molecule has 0 unspecified atom stereocenters. The van der Waals surface area contributed by atoms with Gasteiger partial charge in [0.2, 0.25) is 0 Å². The number of carboxylic acids is 1. The number of hydrogen-bond donors (Lipinski definition) is 1. The molecule has 0 amide bonds. The van der Waals surface area contributed by atoms with Gasteiger partial charge in [0.15, 0.2) is 23.0 Å². The van der Waals surface area contributed by atoms with Gasteiger partial charge < -0.3 is 24.1 Å². The SMILES string of the molecule is CC(=O)O.COc1ccc(Cc2nccc3cc(OC)c(OC)cc23)cc1OC. The lowest BCUT2D eigenvalue weighted by atomic mass is 10.0. The minimum atomic E-state index is -0.833. The fourth-order valence-corrected chi connectivity index (χ4v) is 2.88. The molecule has 0 bridgehead atoms. The molecule has 1 N–H and O–H groups in total. The molecule has 0 aliphatic carbocycles. The lowest BCUT2D eigenvalue weighted by Crippen LogP contribution is -1.97. The van der Waals surface area contributed by atoms with Crippen molar-refractivity contribution in [1.82, 2.24) is 4.98 Å². The van der Waals surface area contributed by atoms with Crippen molar-refractivity contribution in [3.05, 3.63) is 53.9 Å². The van der Waals surface area contributed by atoms with Crippen molar-refractivity contribution in [3.8, 4) is 23.0 Å². The predicted octanol–water partition coefficient (Wildman–Crippen LogP) is 3.95. The number of carboxylic acid groups (broad SMARTS) is 1. The summed E-state index contributed by atoms with van der Waals surface area (Å²) in [5.74, 6) is 1.98. The van der Waals surface area contributed by atoms with Crippen molar-refractivity contribution in [1.29, 1.82) is 0 Å². The number of ether oxygens (including phenoxy) is 4. The summed E-state index contributed by atoms with van der Waals surface area (Å²) in [6, 6.07) is 11.8. The predicted molar refractivity (Wildman–Crippen MR) is 111 cm³/mol. The van der Waals surface area contributed by atoms with Crippen LogP contribution in [0.15, 0.2) is 42.6 Å². The fraction of sp³-hybridized carbons (Fsp3) is 0.273. The molecular weight excluding hydrogens is 374 g/mol. The maximum atomic E-state index is 9.00. The molecule has 0 spiro atoms. The molecule has 154 valence electrons. The molecule has 3 rings (SSSR count). The van der Waals surface area contributed by atoms with Crippen molar-refractivity contribution in [2.24, 2.45) is 0 Å². The Morgan fingerprint density at radius 3 is 2.00 bits per heavy atom. The van der Waals surface area contributed by atoms with Crippen LogP contribution >= 0.6 is 0 Å². The van der Waals surface area contributed by atoms with Crippen LogP contribution in [-0.2, 0) is 11.2 Å². The number of pyridine rings is 1. The van der Waals surface area contributed by atoms with E-state index in [1.807, 2.05) is 42.6 Å². The molecule has 0 aliphatic rings. The van der Waals surface area contributed by atoms with Crippen LogP contribution in [-0.4, -0.2) is 44.5 Å². The molecule has 7 heteroatoms. The Morgan fingerprint density at radius 1 is 0.862 bits per heavy atom. The first-order valence-electron chi connectivity index (χ1n) is 8.83. The van der Waals surface area contributed by atoms with Gasteiger partial charge in [0.1, 0.15) is 0 Å². The van der Waals surface area contributed by atoms with Gasteiger partial charge in [-0.2, -0.15) is 0 Å². The zero-order chi connectivity index (χ0) is 21.4. The fourth-order valence-electron chi connectivity index (χ4n) is 2.88. The van der Waals surface area contributed by atoms with Crippen LogP contribution in [0.2, 0.25) is 0 Å². The lowest BCUT2D eigenvalue weighted by Gasteiger charge is -2.12. The highest BCUT2D eigenvalue weighted by Crippen LogP contribution is 2.34. The molecule has 1 heterocycles. The number of aliphatic carboxylic acids is 1. The number of nitrogens with zero attached hydrogens (tertiary/aromatic N) is 1. The Morgan fingerprint density at radius 2 is 1.41 bits per heavy atom. The van der Waals surface area contributed by atoms with Crippen molar-refractivity contribution < 1.29 is 28.8 Å². The van der Waals surface area contributed by atoms with Crippen molar-refractivity contribution in [2.45, 2.75) is 13.3 Å². The summed E-state index contributed by atoms with van der Waals surface area (Å²) in [5, 5.41) is 9.51. The van der Waals surface area contributed by atoms with Crippen molar-refractivity contribution in [3.63, 3.8) is 0 Å². The van der Waals surface area contributed by atoms with Crippen LogP contribution in [0.4, 0.5) is 0 Å². The summed E-state index contributed by atoms with van der Waals surface area (Å²) >= 11 is 0. The highest BCUT2D eigenvalue weighted by atomic mass is 16.5. The van der Waals surface area contributed by atoms with E-state index in [9.17, 15) is 0 Å². The van der Waals surface area contributed by atoms with Gasteiger partial charge in [-0.25, -0.2) is 0 Å². The van der Waals surface area contributed by atoms with E-state index in [1.165, 1.54) is 0 Å². The van der Waals surface area contributed by atoms with Crippen LogP contribution in [0.1, 0.15) is 18.2 Å². The molecule has 0 saturated heterocycles. The Kier molecular flexibility index (Phi) is 7.65. The van der Waals surface area contributed by atoms with E-state index < -0.39 is 5.97 Å². The van der Waals surface area contributed by atoms with Crippen LogP contribution in [0.25, 0.3) is 10.8 Å². The van der Waals surface area contributed by atoms with E-state index in [2.05, 4.69) is 4.98 Å². The van der Waals surface area contributed by atoms with E-state index in [-0.39, 0.29) is 0 Å². The summed E-state index contributed by atoms with van der Waals surface area (Å²) in [6.07, 6.45) is 2.48. The number of fused-ring (bicyclic) bond motifs is 1. The third-order valence-corrected chi connectivity index (χ3v) is 4.17. The second-order valence-corrected chi connectivity index (χ2v) is 6.07. The van der Waals surface area contributed by atoms with E-state index in [0.29, 0.717) is 29.4 Å². The minimum Gasteiger partial charge on any atom is -0.493 e. The average Bonchev–Trinajstić information content (AvgIpc) is 2.72. The first kappa shape index (κ1) is 21.8. The molecule has 2 aromatic carbocycles. The van der Waals surface area contributed by atoms with Gasteiger partial charge in [0, 0.05) is 24.9 Å². The van der Waals surface area contributed by atoms with Gasteiger partial charge >= 0.3 is 0 Å². The summed E-state index contributed by atoms with van der Waals surface area (Å²) in [7, 11) is 6.53. The Balaban J connectivity index is 0.000000687. The quantitative estimate of drug-likeness (QED) is 0.671. The van der Waals surface area contributed by atoms with Gasteiger partial charge in [0.05, 0.1) is 34.1 Å². The zero-order valence-corrected chi connectivity index (χ0v) is 17.2. The third-order valence-electron chi connectivity index (χ3n) is 4.17. The molecule has 1 aromatic heterocycles. The van der Waals surface area contributed by atoms with Gasteiger partial charge in [0.25, 0.3) is 5.97 Å². The smallest absolute Gasteiger partial charge is 0.300 e. The van der Waals surface area contributed by atoms with E-state index in [0.717, 1.165) is 29.0 Å². The van der Waals surface area contributed by atoms with Crippen LogP contribution in [0, 0.1) is 0 Å². The molecule has 0 saturated carbocycles. The molecule has 29 heavy (non-hydrogen) atoms. The second-order valence-electron chi connectivity index (χ2n) is 6.07. The van der Waals surface area contributed by atoms with Crippen LogP contribution < -0.4 is 18.9 Å². The van der Waals surface area contributed by atoms with E-state index in [4.69, 9.17) is 28.8 Å². The van der Waals surface area contributed by atoms with Crippen LogP contribution in [0.5, 0.6) is 23.0 Å². The monoisotopic (exact) mass is 399 g/mol. The van der Waals surface area contributed by atoms with Gasteiger partial charge in [-0.05, 0) is 41.3 Å². The Labute approximate surface area is 169 Å². The second kappa shape index (κ2) is 10.2. The van der Waals surface area contributed by atoms with Gasteiger partial charge in [-0.1, -0.05) is 6.07 Å². The summed E-state index contributed by atoms with van der Waals surface area (Å²) in [6.45, 7) is 1.08. The number of carbonyl (C=O) groups is 1. The maximum absolute atomic E-state index is 9.00. The molecular formula is C22H25NO6. The molecule has 0 aliphatic heterocycles. The Bertz CT molecular complexity index is 982. The van der Waals surface area contributed by atoms with E-state index >= 15 is 0 Å². The normalized spacial score (nSPS) is 9.97. The van der Waals surface area contributed by atoms with Gasteiger partial charge in [-0.15, -0.1) is 0 Å². The number of methoxy groups -OCH3 is 4. The standard InChI is InChI=1S/C20H21NO4.C2H4O2/c1-22-17-6-5-13(10-18(17)23-2)9-16-15-12-20(25-4)19(24-3)11-14(15)7-8-21-16;1-2(3)4/h5-8,10-12H,9H2,1-4H3;1H3,(H,3,4). The molecule has 3 aromatic rings. The minimum absolute atomic E-state index is 0.674. The highest BCUT2D eigenvalue weighted by molar-refractivity contribution is 5.88. The first-order chi connectivity index (χ1) is 13.9. The zero-order valence-electron chi connectivity index (χ0n) is 17.2. The summed E-state index contributed by atoms with van der Waals surface area (Å²) in [5.41, 5.74) is 2.05. The molecule has 0 radical (unpaired) electrons. The Hall–Kier alpha value is -3.48. The third kappa shape index (κ3) is 5.51. The number of benzene rings is 2. The number of aromatic nitrogens is 1. The molecule has 0 fully saturated rings. The average molecular weight is 399 g/mol. The summed E-state index contributed by atoms with van der Waals surface area (Å²) in [4.78, 5) is 13.6. The number of hydrogen-bond acceptors (Lipinski definition) is 6. The number of rotatable bonds is 6.